The number of ether oxygens (including phenoxy) is 2. The average Bonchev–Trinajstić information content (AvgIpc) is 2.46. The Bertz CT molecular complexity index is 362. The minimum Gasteiger partial charge on any atom is -0.497 e. The summed E-state index contributed by atoms with van der Waals surface area (Å²) in [7, 11) is 2.82. The predicted molar refractivity (Wildman–Crippen MR) is 68.3 cm³/mol. The summed E-state index contributed by atoms with van der Waals surface area (Å²) >= 11 is 0. The fourth-order valence-electron chi connectivity index (χ4n) is 1.28. The Labute approximate surface area is 107 Å². The molecule has 0 bridgehead atoms. The van der Waals surface area contributed by atoms with Crippen molar-refractivity contribution in [2.24, 2.45) is 0 Å². The standard InChI is InChI=1S/C11H13NO4.C2H6/c1-15-9-5-3-8(4-6-9)10(12-7-13)11(14)16-2;1-2/h3-7,10H,1-2H3,(H,12,13);1-2H3. The van der Waals surface area contributed by atoms with E-state index in [1.165, 1.54) is 7.11 Å². The molecule has 0 saturated carbocycles. The van der Waals surface area contributed by atoms with Crippen LogP contribution in [0, 0.1) is 0 Å². The SMILES string of the molecule is CC.COC(=O)C(NC=O)c1ccc(OC)cc1. The van der Waals surface area contributed by atoms with Gasteiger partial charge in [-0.3, -0.25) is 4.79 Å². The van der Waals surface area contributed by atoms with Crippen molar-refractivity contribution in [2.45, 2.75) is 19.9 Å². The maximum Gasteiger partial charge on any atom is 0.333 e. The Morgan fingerprint density at radius 1 is 1.22 bits per heavy atom. The second-order valence-corrected chi connectivity index (χ2v) is 3.01. The first-order valence-electron chi connectivity index (χ1n) is 5.64. The van der Waals surface area contributed by atoms with Crippen molar-refractivity contribution in [1.82, 2.24) is 5.32 Å². The zero-order valence-corrected chi connectivity index (χ0v) is 11.1. The van der Waals surface area contributed by atoms with Crippen molar-refractivity contribution in [1.29, 1.82) is 0 Å². The molecule has 0 spiro atoms. The number of nitrogens with one attached hydrogen (secondary N) is 1. The molecule has 1 aromatic rings. The quantitative estimate of drug-likeness (QED) is 0.640. The molecule has 0 aromatic heterocycles. The molecular weight excluding hydrogens is 234 g/mol. The van der Waals surface area contributed by atoms with E-state index in [1.807, 2.05) is 13.8 Å². The van der Waals surface area contributed by atoms with Crippen molar-refractivity contribution < 1.29 is 19.1 Å². The van der Waals surface area contributed by atoms with Crippen LogP contribution in [0.2, 0.25) is 0 Å². The molecule has 0 aliphatic heterocycles. The van der Waals surface area contributed by atoms with Crippen LogP contribution in [0.25, 0.3) is 0 Å². The third-order valence-electron chi connectivity index (χ3n) is 2.12. The smallest absolute Gasteiger partial charge is 0.333 e. The van der Waals surface area contributed by atoms with E-state index >= 15 is 0 Å². The van der Waals surface area contributed by atoms with Crippen molar-refractivity contribution in [3.05, 3.63) is 29.8 Å². The highest BCUT2D eigenvalue weighted by molar-refractivity contribution is 5.79. The largest absolute Gasteiger partial charge is 0.497 e. The Kier molecular flexibility index (Phi) is 8.01. The summed E-state index contributed by atoms with van der Waals surface area (Å²) in [6.07, 6.45) is 0.464. The van der Waals surface area contributed by atoms with Gasteiger partial charge in [0.05, 0.1) is 14.2 Å². The van der Waals surface area contributed by atoms with E-state index in [0.717, 1.165) is 0 Å². The topological polar surface area (TPSA) is 64.6 Å². The van der Waals surface area contributed by atoms with Gasteiger partial charge in [0.1, 0.15) is 5.75 Å². The highest BCUT2D eigenvalue weighted by Gasteiger charge is 2.20. The third kappa shape index (κ3) is 4.45. The first-order chi connectivity index (χ1) is 8.72. The van der Waals surface area contributed by atoms with E-state index in [2.05, 4.69) is 10.1 Å². The lowest BCUT2D eigenvalue weighted by Gasteiger charge is -2.14. The highest BCUT2D eigenvalue weighted by Crippen LogP contribution is 2.18. The zero-order valence-electron chi connectivity index (χ0n) is 11.1. The maximum atomic E-state index is 11.4. The van der Waals surface area contributed by atoms with Crippen LogP contribution < -0.4 is 10.1 Å². The van der Waals surface area contributed by atoms with Gasteiger partial charge in [0.25, 0.3) is 0 Å². The number of methoxy groups -OCH3 is 2. The van der Waals surface area contributed by atoms with E-state index in [-0.39, 0.29) is 0 Å². The number of hydrogen-bond acceptors (Lipinski definition) is 4. The molecule has 18 heavy (non-hydrogen) atoms. The van der Waals surface area contributed by atoms with Crippen molar-refractivity contribution in [3.63, 3.8) is 0 Å². The van der Waals surface area contributed by atoms with Gasteiger partial charge in [-0.25, -0.2) is 4.79 Å². The predicted octanol–water partition coefficient (Wildman–Crippen LogP) is 1.68. The van der Waals surface area contributed by atoms with Gasteiger partial charge in [-0.1, -0.05) is 26.0 Å². The molecule has 5 nitrogen and oxygen atoms in total. The van der Waals surface area contributed by atoms with Gasteiger partial charge in [-0.05, 0) is 17.7 Å². The van der Waals surface area contributed by atoms with Gasteiger partial charge in [0.2, 0.25) is 6.41 Å². The van der Waals surface area contributed by atoms with Crippen LogP contribution in [0.3, 0.4) is 0 Å². The van der Waals surface area contributed by atoms with Crippen LogP contribution in [0.1, 0.15) is 25.5 Å². The molecule has 1 atom stereocenters. The Morgan fingerprint density at radius 3 is 2.17 bits per heavy atom. The molecule has 1 aromatic carbocycles. The van der Waals surface area contributed by atoms with Crippen molar-refractivity contribution in [3.8, 4) is 5.75 Å². The highest BCUT2D eigenvalue weighted by atomic mass is 16.5. The lowest BCUT2D eigenvalue weighted by molar-refractivity contribution is -0.144. The normalized spacial score (nSPS) is 10.4. The number of rotatable bonds is 5. The molecule has 0 aliphatic rings. The van der Waals surface area contributed by atoms with E-state index in [0.29, 0.717) is 17.7 Å². The summed E-state index contributed by atoms with van der Waals surface area (Å²) in [6.45, 7) is 4.00. The molecule has 100 valence electrons. The Balaban J connectivity index is 0.00000137. The summed E-state index contributed by atoms with van der Waals surface area (Å²) in [5.41, 5.74) is 0.639. The third-order valence-corrected chi connectivity index (χ3v) is 2.12. The van der Waals surface area contributed by atoms with Crippen molar-refractivity contribution >= 4 is 12.4 Å². The van der Waals surface area contributed by atoms with Crippen molar-refractivity contribution in [2.75, 3.05) is 14.2 Å². The number of esters is 1. The fourth-order valence-corrected chi connectivity index (χ4v) is 1.28. The summed E-state index contributed by atoms with van der Waals surface area (Å²) in [5, 5.41) is 2.39. The van der Waals surface area contributed by atoms with Crippen LogP contribution >= 0.6 is 0 Å². The van der Waals surface area contributed by atoms with E-state index in [1.54, 1.807) is 31.4 Å². The summed E-state index contributed by atoms with van der Waals surface area (Å²) < 4.78 is 9.57. The maximum absolute atomic E-state index is 11.4. The minimum atomic E-state index is -0.784. The molecular formula is C13H19NO4. The molecule has 1 rings (SSSR count). The monoisotopic (exact) mass is 253 g/mol. The molecule has 1 N–H and O–H groups in total. The molecule has 0 heterocycles. The molecule has 0 aliphatic carbocycles. The van der Waals surface area contributed by atoms with Crippen LogP contribution in [-0.4, -0.2) is 26.6 Å². The Hall–Kier alpha value is -2.04. The lowest BCUT2D eigenvalue weighted by Crippen LogP contribution is -2.28. The molecule has 1 unspecified atom stereocenters. The number of hydrogen-bond donors (Lipinski definition) is 1. The van der Waals surface area contributed by atoms with Gasteiger partial charge in [0.15, 0.2) is 6.04 Å². The molecule has 0 saturated heterocycles. The zero-order chi connectivity index (χ0) is 14.0. The molecule has 5 heteroatoms. The van der Waals surface area contributed by atoms with Gasteiger partial charge in [-0.2, -0.15) is 0 Å². The molecule has 0 fully saturated rings. The molecule has 0 radical (unpaired) electrons. The summed E-state index contributed by atoms with van der Waals surface area (Å²) in [5.74, 6) is 0.163. The fraction of sp³-hybridized carbons (Fsp3) is 0.385. The van der Waals surface area contributed by atoms with E-state index in [4.69, 9.17) is 4.74 Å². The first kappa shape index (κ1) is 16.0. The number of benzene rings is 1. The van der Waals surface area contributed by atoms with Gasteiger partial charge >= 0.3 is 5.97 Å². The second-order valence-electron chi connectivity index (χ2n) is 3.01. The average molecular weight is 253 g/mol. The summed E-state index contributed by atoms with van der Waals surface area (Å²) in [4.78, 5) is 21.8. The second kappa shape index (κ2) is 9.04. The molecule has 1 amide bonds. The number of carbonyl (C=O) groups excluding carboxylic acids is 2. The van der Waals surface area contributed by atoms with Gasteiger partial charge in [-0.15, -0.1) is 0 Å². The van der Waals surface area contributed by atoms with E-state index < -0.39 is 12.0 Å². The lowest BCUT2D eigenvalue weighted by atomic mass is 10.1. The van der Waals surface area contributed by atoms with Crippen LogP contribution in [0.5, 0.6) is 5.75 Å². The first-order valence-corrected chi connectivity index (χ1v) is 5.64. The van der Waals surface area contributed by atoms with E-state index in [9.17, 15) is 9.59 Å². The van der Waals surface area contributed by atoms with Crippen LogP contribution in [0.15, 0.2) is 24.3 Å². The van der Waals surface area contributed by atoms with Crippen LogP contribution in [-0.2, 0) is 14.3 Å². The number of carbonyl (C=O) groups is 2. The van der Waals surface area contributed by atoms with Crippen LogP contribution in [0.4, 0.5) is 0 Å². The van der Waals surface area contributed by atoms with Gasteiger partial charge in [0, 0.05) is 0 Å². The van der Waals surface area contributed by atoms with Gasteiger partial charge < -0.3 is 14.8 Å². The summed E-state index contributed by atoms with van der Waals surface area (Å²) in [6, 6.07) is 6.01. The number of amides is 1. The minimum absolute atomic E-state index is 0.464. The Morgan fingerprint density at radius 2 is 1.78 bits per heavy atom.